The number of ether oxygens (including phenoxy) is 1. The van der Waals surface area contributed by atoms with E-state index in [0.717, 1.165) is 36.2 Å². The van der Waals surface area contributed by atoms with E-state index < -0.39 is 0 Å². The Morgan fingerprint density at radius 3 is 2.36 bits per heavy atom. The minimum atomic E-state index is 0.0352. The van der Waals surface area contributed by atoms with Gasteiger partial charge in [0.1, 0.15) is 18.2 Å². The van der Waals surface area contributed by atoms with Gasteiger partial charge in [-0.1, -0.05) is 18.2 Å². The van der Waals surface area contributed by atoms with Crippen LogP contribution in [-0.2, 0) is 0 Å². The van der Waals surface area contributed by atoms with Crippen LogP contribution in [0.3, 0.4) is 0 Å². The molecule has 1 fully saturated rings. The van der Waals surface area contributed by atoms with Crippen LogP contribution in [-0.4, -0.2) is 66.0 Å². The van der Waals surface area contributed by atoms with Gasteiger partial charge in [-0.25, -0.2) is 4.98 Å². The summed E-state index contributed by atoms with van der Waals surface area (Å²) in [6, 6.07) is 15.4. The minimum Gasteiger partial charge on any atom is -0.491 e. The Hall–Kier alpha value is -3.45. The molecule has 0 spiro atoms. The number of nitrogens with zero attached hydrogens (tertiary/aromatic N) is 4. The van der Waals surface area contributed by atoms with Gasteiger partial charge in [0, 0.05) is 54.8 Å². The number of pyridine rings is 2. The molecule has 0 radical (unpaired) electrons. The van der Waals surface area contributed by atoms with E-state index in [0.29, 0.717) is 42.7 Å². The third-order valence-electron chi connectivity index (χ3n) is 6.02. The first kappa shape index (κ1) is 22.7. The second-order valence-corrected chi connectivity index (χ2v) is 8.66. The van der Waals surface area contributed by atoms with Crippen molar-refractivity contribution in [3.05, 3.63) is 72.2 Å². The van der Waals surface area contributed by atoms with Crippen LogP contribution in [0, 0.1) is 0 Å². The molecule has 0 saturated carbocycles. The van der Waals surface area contributed by atoms with E-state index in [1.165, 1.54) is 0 Å². The number of anilines is 1. The van der Waals surface area contributed by atoms with E-state index in [1.807, 2.05) is 55.5 Å². The van der Waals surface area contributed by atoms with Crippen molar-refractivity contribution in [1.82, 2.24) is 19.8 Å². The normalized spacial score (nSPS) is 14.5. The lowest BCUT2D eigenvalue weighted by Crippen LogP contribution is -2.38. The van der Waals surface area contributed by atoms with Gasteiger partial charge in [0.2, 0.25) is 0 Å². The number of nitrogens with two attached hydrogens (primary N) is 1. The summed E-state index contributed by atoms with van der Waals surface area (Å²) in [5.41, 5.74) is 9.39. The number of aromatic nitrogens is 2. The molecule has 1 amide bonds. The molecule has 172 valence electrons. The predicted octanol–water partition coefficient (Wildman–Crippen LogP) is 3.69. The first-order valence-electron chi connectivity index (χ1n) is 11.3. The Morgan fingerprint density at radius 2 is 1.73 bits per heavy atom. The van der Waals surface area contributed by atoms with Gasteiger partial charge in [-0.2, -0.15) is 0 Å². The molecule has 33 heavy (non-hydrogen) atoms. The van der Waals surface area contributed by atoms with Crippen LogP contribution in [0.4, 0.5) is 5.82 Å². The Bertz CT molecular complexity index is 1060. The van der Waals surface area contributed by atoms with Crippen LogP contribution in [0.15, 0.2) is 60.9 Å². The summed E-state index contributed by atoms with van der Waals surface area (Å²) < 4.78 is 5.89. The molecule has 7 heteroatoms. The molecule has 3 heterocycles. The van der Waals surface area contributed by atoms with Crippen molar-refractivity contribution in [2.45, 2.75) is 18.8 Å². The van der Waals surface area contributed by atoms with Crippen LogP contribution in [0.1, 0.15) is 34.8 Å². The quantitative estimate of drug-likeness (QED) is 0.597. The van der Waals surface area contributed by atoms with Crippen molar-refractivity contribution in [3.63, 3.8) is 0 Å². The van der Waals surface area contributed by atoms with E-state index in [4.69, 9.17) is 15.5 Å². The van der Waals surface area contributed by atoms with Gasteiger partial charge >= 0.3 is 0 Å². The van der Waals surface area contributed by atoms with Crippen LogP contribution < -0.4 is 10.5 Å². The molecule has 2 aromatic heterocycles. The second-order valence-electron chi connectivity index (χ2n) is 8.66. The molecule has 0 unspecified atom stereocenters. The standard InChI is InChI=1S/C26H31N5O2/c1-30(2)15-16-33-24-6-4-3-5-22(24)26(32)31-13-11-19(12-14-31)23-9-7-20(17-28-23)21-8-10-25(27)29-18-21/h3-10,17-19H,11-16H2,1-2H3,(H2,27,29). The second kappa shape index (κ2) is 10.4. The predicted molar refractivity (Wildman–Crippen MR) is 130 cm³/mol. The number of hydrogen-bond donors (Lipinski definition) is 1. The Morgan fingerprint density at radius 1 is 1.03 bits per heavy atom. The molecule has 0 bridgehead atoms. The summed E-state index contributed by atoms with van der Waals surface area (Å²) in [5.74, 6) is 1.54. The maximum Gasteiger partial charge on any atom is 0.257 e. The van der Waals surface area contributed by atoms with Crippen LogP contribution in [0.5, 0.6) is 5.75 Å². The SMILES string of the molecule is CN(C)CCOc1ccccc1C(=O)N1CCC(c2ccc(-c3ccc(N)nc3)cn2)CC1. The summed E-state index contributed by atoms with van der Waals surface area (Å²) in [7, 11) is 4.00. The van der Waals surface area contributed by atoms with Gasteiger partial charge in [-0.05, 0) is 57.3 Å². The molecule has 2 N–H and O–H groups in total. The number of carbonyl (C=O) groups excluding carboxylic acids is 1. The number of para-hydroxylation sites is 1. The summed E-state index contributed by atoms with van der Waals surface area (Å²) in [6.45, 7) is 2.77. The number of carbonyl (C=O) groups is 1. The van der Waals surface area contributed by atoms with Crippen molar-refractivity contribution < 1.29 is 9.53 Å². The fourth-order valence-electron chi connectivity index (χ4n) is 4.05. The van der Waals surface area contributed by atoms with Crippen LogP contribution in [0.25, 0.3) is 11.1 Å². The Labute approximate surface area is 195 Å². The van der Waals surface area contributed by atoms with Gasteiger partial charge in [-0.3, -0.25) is 9.78 Å². The van der Waals surface area contributed by atoms with E-state index in [-0.39, 0.29) is 5.91 Å². The van der Waals surface area contributed by atoms with Crippen LogP contribution >= 0.6 is 0 Å². The van der Waals surface area contributed by atoms with E-state index in [9.17, 15) is 4.79 Å². The van der Waals surface area contributed by atoms with Crippen molar-refractivity contribution in [2.24, 2.45) is 0 Å². The molecule has 1 aromatic carbocycles. The maximum absolute atomic E-state index is 13.2. The number of likely N-dealkylation sites (tertiary alicyclic amines) is 1. The average molecular weight is 446 g/mol. The molecule has 1 aliphatic heterocycles. The Balaban J connectivity index is 1.36. The van der Waals surface area contributed by atoms with Crippen LogP contribution in [0.2, 0.25) is 0 Å². The average Bonchev–Trinajstić information content (AvgIpc) is 2.84. The number of benzene rings is 1. The molecule has 1 aliphatic rings. The fourth-order valence-corrected chi connectivity index (χ4v) is 4.05. The largest absolute Gasteiger partial charge is 0.491 e. The molecule has 7 nitrogen and oxygen atoms in total. The minimum absolute atomic E-state index is 0.0352. The van der Waals surface area contributed by atoms with Gasteiger partial charge in [-0.15, -0.1) is 0 Å². The monoisotopic (exact) mass is 445 g/mol. The highest BCUT2D eigenvalue weighted by Crippen LogP contribution is 2.30. The van der Waals surface area contributed by atoms with Crippen molar-refractivity contribution >= 4 is 11.7 Å². The smallest absolute Gasteiger partial charge is 0.257 e. The van der Waals surface area contributed by atoms with Crippen molar-refractivity contribution in [2.75, 3.05) is 46.1 Å². The zero-order valence-corrected chi connectivity index (χ0v) is 19.3. The molecular formula is C26H31N5O2. The van der Waals surface area contributed by atoms with E-state index in [1.54, 1.807) is 12.3 Å². The summed E-state index contributed by atoms with van der Waals surface area (Å²) in [4.78, 5) is 26.0. The number of amides is 1. The molecular weight excluding hydrogens is 414 g/mol. The van der Waals surface area contributed by atoms with Gasteiger partial charge in [0.15, 0.2) is 0 Å². The maximum atomic E-state index is 13.2. The lowest BCUT2D eigenvalue weighted by Gasteiger charge is -2.32. The number of likely N-dealkylation sites (N-methyl/N-ethyl adjacent to an activating group) is 1. The molecule has 0 atom stereocenters. The van der Waals surface area contributed by atoms with Crippen molar-refractivity contribution in [1.29, 1.82) is 0 Å². The number of piperidine rings is 1. The third kappa shape index (κ3) is 5.68. The molecule has 1 saturated heterocycles. The molecule has 4 rings (SSSR count). The molecule has 0 aliphatic carbocycles. The lowest BCUT2D eigenvalue weighted by atomic mass is 9.92. The third-order valence-corrected chi connectivity index (χ3v) is 6.02. The van der Waals surface area contributed by atoms with E-state index >= 15 is 0 Å². The highest BCUT2D eigenvalue weighted by Gasteiger charge is 2.26. The summed E-state index contributed by atoms with van der Waals surface area (Å²) >= 11 is 0. The summed E-state index contributed by atoms with van der Waals surface area (Å²) in [6.07, 6.45) is 5.44. The van der Waals surface area contributed by atoms with Gasteiger partial charge < -0.3 is 20.3 Å². The van der Waals surface area contributed by atoms with E-state index in [2.05, 4.69) is 22.0 Å². The van der Waals surface area contributed by atoms with Gasteiger partial charge in [0.05, 0.1) is 5.56 Å². The number of hydrogen-bond acceptors (Lipinski definition) is 6. The fraction of sp³-hybridized carbons (Fsp3) is 0.346. The summed E-state index contributed by atoms with van der Waals surface area (Å²) in [5, 5.41) is 0. The zero-order valence-electron chi connectivity index (χ0n) is 19.3. The molecule has 3 aromatic rings. The topological polar surface area (TPSA) is 84.6 Å². The highest BCUT2D eigenvalue weighted by atomic mass is 16.5. The first-order chi connectivity index (χ1) is 16.0. The number of rotatable bonds is 7. The van der Waals surface area contributed by atoms with Gasteiger partial charge in [0.25, 0.3) is 5.91 Å². The first-order valence-corrected chi connectivity index (χ1v) is 11.3. The lowest BCUT2D eigenvalue weighted by molar-refractivity contribution is 0.0707. The highest BCUT2D eigenvalue weighted by molar-refractivity contribution is 5.97. The zero-order chi connectivity index (χ0) is 23.2. The van der Waals surface area contributed by atoms with Crippen molar-refractivity contribution in [3.8, 4) is 16.9 Å². The Kier molecular flexibility index (Phi) is 7.19. The number of nitrogen functional groups attached to an aromatic ring is 1.